The number of carbonyl (C=O) groups is 2. The second-order valence-corrected chi connectivity index (χ2v) is 12.3. The molecule has 11 nitrogen and oxygen atoms in total. The molecule has 0 heterocycles. The van der Waals surface area contributed by atoms with Crippen molar-refractivity contribution in [3.05, 3.63) is 83.9 Å². The fourth-order valence-electron chi connectivity index (χ4n) is 4.77. The molecule has 0 saturated heterocycles. The SMILES string of the molecule is CCN(CC)C(C)OC(=O)NC(=N)c1cccc(CN(CC(C)C)C(=O)Nc2ccc(-c3ccccc3S(N)(=O)=O)cc2)c1. The summed E-state index contributed by atoms with van der Waals surface area (Å²) in [5, 5.41) is 19.2. The van der Waals surface area contributed by atoms with Crippen LogP contribution >= 0.6 is 0 Å². The number of alkyl carbamates (subject to hydrolysis) is 1. The van der Waals surface area contributed by atoms with E-state index in [0.717, 1.165) is 18.7 Å². The Labute approximate surface area is 259 Å². The third-order valence-electron chi connectivity index (χ3n) is 6.93. The molecule has 3 amide bonds. The lowest BCUT2D eigenvalue weighted by Crippen LogP contribution is -2.40. The standard InChI is InChI=1S/C32H42N6O5S/c1-6-37(7-2)23(5)43-32(40)36-30(33)26-12-10-11-24(19-26)21-38(20-22(3)4)31(39)35-27-17-15-25(16-18-27)28-13-8-9-14-29(28)44(34,41)42/h8-19,22-23H,6-7,20-21H2,1-5H3,(H,35,39)(H2,33,36,40)(H2,34,41,42). The Bertz CT molecular complexity index is 1560. The maximum Gasteiger partial charge on any atom is 0.414 e. The largest absolute Gasteiger partial charge is 0.430 e. The molecule has 0 radical (unpaired) electrons. The summed E-state index contributed by atoms with van der Waals surface area (Å²) in [5.41, 5.74) is 2.92. The summed E-state index contributed by atoms with van der Waals surface area (Å²) < 4.78 is 29.4. The van der Waals surface area contributed by atoms with Gasteiger partial charge in [0, 0.05) is 29.9 Å². The van der Waals surface area contributed by atoms with Gasteiger partial charge in [0.1, 0.15) is 5.84 Å². The molecule has 5 N–H and O–H groups in total. The Morgan fingerprint density at radius 2 is 1.61 bits per heavy atom. The van der Waals surface area contributed by atoms with Gasteiger partial charge in [-0.05, 0) is 61.3 Å². The Morgan fingerprint density at radius 1 is 0.955 bits per heavy atom. The van der Waals surface area contributed by atoms with E-state index >= 15 is 0 Å². The number of amides is 3. The summed E-state index contributed by atoms with van der Waals surface area (Å²) >= 11 is 0. The third kappa shape index (κ3) is 9.63. The molecule has 3 aromatic carbocycles. The summed E-state index contributed by atoms with van der Waals surface area (Å²) in [6.45, 7) is 12.0. The van der Waals surface area contributed by atoms with E-state index in [1.54, 1.807) is 72.5 Å². The number of benzene rings is 3. The zero-order valence-corrected chi connectivity index (χ0v) is 26.6. The smallest absolute Gasteiger partial charge is 0.414 e. The average molecular weight is 623 g/mol. The van der Waals surface area contributed by atoms with E-state index in [2.05, 4.69) is 10.6 Å². The van der Waals surface area contributed by atoms with Gasteiger partial charge in [0.2, 0.25) is 10.0 Å². The van der Waals surface area contributed by atoms with Crippen molar-refractivity contribution < 1.29 is 22.7 Å². The molecule has 0 bridgehead atoms. The van der Waals surface area contributed by atoms with Crippen molar-refractivity contribution in [1.29, 1.82) is 5.41 Å². The number of nitrogens with two attached hydrogens (primary N) is 1. The molecule has 0 aromatic heterocycles. The molecule has 3 rings (SSSR count). The molecule has 0 aliphatic rings. The first kappa shape index (κ1) is 34.2. The van der Waals surface area contributed by atoms with Crippen molar-refractivity contribution in [2.75, 3.05) is 25.0 Å². The van der Waals surface area contributed by atoms with Crippen LogP contribution in [0.25, 0.3) is 11.1 Å². The van der Waals surface area contributed by atoms with Crippen LogP contribution in [0.1, 0.15) is 45.7 Å². The first-order chi connectivity index (χ1) is 20.8. The molecule has 0 aliphatic carbocycles. The second-order valence-electron chi connectivity index (χ2n) is 10.7. The maximum absolute atomic E-state index is 13.4. The second kappa shape index (κ2) is 15.5. The highest BCUT2D eigenvalue weighted by molar-refractivity contribution is 7.89. The molecule has 12 heteroatoms. The number of carbonyl (C=O) groups excluding carboxylic acids is 2. The van der Waals surface area contributed by atoms with Gasteiger partial charge >= 0.3 is 12.1 Å². The Balaban J connectivity index is 1.70. The number of sulfonamides is 1. The van der Waals surface area contributed by atoms with Crippen LogP contribution in [0, 0.1) is 11.3 Å². The van der Waals surface area contributed by atoms with Crippen molar-refractivity contribution >= 4 is 33.7 Å². The lowest BCUT2D eigenvalue weighted by molar-refractivity contribution is 0.00680. The molecule has 1 unspecified atom stereocenters. The average Bonchev–Trinajstić information content (AvgIpc) is 2.97. The number of ether oxygens (including phenoxy) is 1. The number of nitrogens with zero attached hydrogens (tertiary/aromatic N) is 2. The molecule has 44 heavy (non-hydrogen) atoms. The van der Waals surface area contributed by atoms with E-state index in [4.69, 9.17) is 15.3 Å². The quantitative estimate of drug-likeness (QED) is 0.120. The van der Waals surface area contributed by atoms with Crippen molar-refractivity contribution in [1.82, 2.24) is 15.1 Å². The Morgan fingerprint density at radius 3 is 2.23 bits per heavy atom. The van der Waals surface area contributed by atoms with Gasteiger partial charge in [0.15, 0.2) is 6.23 Å². The van der Waals surface area contributed by atoms with Crippen LogP contribution in [-0.4, -0.2) is 62.0 Å². The fourth-order valence-corrected chi connectivity index (χ4v) is 5.53. The molecule has 0 spiro atoms. The van der Waals surface area contributed by atoms with Crippen LogP contribution in [0.2, 0.25) is 0 Å². The molecule has 0 saturated carbocycles. The molecule has 0 fully saturated rings. The molecule has 0 aliphatic heterocycles. The number of primary sulfonamides is 1. The summed E-state index contributed by atoms with van der Waals surface area (Å²) in [7, 11) is -3.91. The van der Waals surface area contributed by atoms with Crippen LogP contribution in [0.4, 0.5) is 15.3 Å². The summed E-state index contributed by atoms with van der Waals surface area (Å²) in [4.78, 5) is 29.4. The highest BCUT2D eigenvalue weighted by atomic mass is 32.2. The number of amidine groups is 1. The minimum absolute atomic E-state index is 0.0245. The van der Waals surface area contributed by atoms with E-state index in [1.165, 1.54) is 6.07 Å². The number of hydrogen-bond acceptors (Lipinski definition) is 7. The predicted molar refractivity (Wildman–Crippen MR) is 173 cm³/mol. The van der Waals surface area contributed by atoms with E-state index in [-0.39, 0.29) is 29.2 Å². The van der Waals surface area contributed by atoms with Crippen LogP contribution in [-0.2, 0) is 21.3 Å². The normalized spacial score (nSPS) is 12.1. The number of hydrogen-bond donors (Lipinski definition) is 4. The first-order valence-electron chi connectivity index (χ1n) is 14.5. The number of nitrogens with one attached hydrogen (secondary N) is 3. The molecule has 236 valence electrons. The Kier molecular flexibility index (Phi) is 12.0. The van der Waals surface area contributed by atoms with Gasteiger partial charge in [-0.15, -0.1) is 0 Å². The van der Waals surface area contributed by atoms with E-state index in [9.17, 15) is 18.0 Å². The molecule has 3 aromatic rings. The van der Waals surface area contributed by atoms with Crippen molar-refractivity contribution in [3.8, 4) is 11.1 Å². The van der Waals surface area contributed by atoms with Crippen LogP contribution in [0.15, 0.2) is 77.7 Å². The van der Waals surface area contributed by atoms with Crippen molar-refractivity contribution in [3.63, 3.8) is 0 Å². The summed E-state index contributed by atoms with van der Waals surface area (Å²) in [6, 6.07) is 20.1. The van der Waals surface area contributed by atoms with Crippen LogP contribution in [0.3, 0.4) is 0 Å². The van der Waals surface area contributed by atoms with Gasteiger partial charge in [-0.1, -0.05) is 76.2 Å². The minimum atomic E-state index is -3.91. The zero-order chi connectivity index (χ0) is 32.4. The highest BCUT2D eigenvalue weighted by Gasteiger charge is 2.19. The minimum Gasteiger partial charge on any atom is -0.430 e. The topological polar surface area (TPSA) is 158 Å². The lowest BCUT2D eigenvalue weighted by atomic mass is 10.1. The third-order valence-corrected chi connectivity index (χ3v) is 7.90. The van der Waals surface area contributed by atoms with E-state index < -0.39 is 22.3 Å². The maximum atomic E-state index is 13.4. The Hall–Kier alpha value is -4.26. The first-order valence-corrected chi connectivity index (χ1v) is 16.0. The van der Waals surface area contributed by atoms with Gasteiger partial charge in [-0.25, -0.2) is 23.1 Å². The van der Waals surface area contributed by atoms with Gasteiger partial charge in [-0.2, -0.15) is 0 Å². The summed E-state index contributed by atoms with van der Waals surface area (Å²) in [6.07, 6.45) is -1.14. The lowest BCUT2D eigenvalue weighted by Gasteiger charge is -2.26. The fraction of sp³-hybridized carbons (Fsp3) is 0.344. The zero-order valence-electron chi connectivity index (χ0n) is 25.8. The number of anilines is 1. The van der Waals surface area contributed by atoms with Crippen LogP contribution in [0.5, 0.6) is 0 Å². The van der Waals surface area contributed by atoms with Gasteiger partial charge in [-0.3, -0.25) is 15.6 Å². The molecule has 1 atom stereocenters. The van der Waals surface area contributed by atoms with E-state index in [0.29, 0.717) is 28.9 Å². The predicted octanol–water partition coefficient (Wildman–Crippen LogP) is 5.43. The monoisotopic (exact) mass is 622 g/mol. The highest BCUT2D eigenvalue weighted by Crippen LogP contribution is 2.27. The molecular weight excluding hydrogens is 580 g/mol. The van der Waals surface area contributed by atoms with Gasteiger partial charge < -0.3 is 15.0 Å². The van der Waals surface area contributed by atoms with Crippen LogP contribution < -0.4 is 15.8 Å². The number of urea groups is 1. The van der Waals surface area contributed by atoms with Crippen molar-refractivity contribution in [2.45, 2.75) is 52.3 Å². The van der Waals surface area contributed by atoms with Gasteiger partial charge in [0.05, 0.1) is 4.90 Å². The number of rotatable bonds is 12. The molecular formula is C32H42N6O5S. The summed E-state index contributed by atoms with van der Waals surface area (Å²) in [5.74, 6) is 0.0797. The van der Waals surface area contributed by atoms with Gasteiger partial charge in [0.25, 0.3) is 0 Å². The van der Waals surface area contributed by atoms with Crippen molar-refractivity contribution in [2.24, 2.45) is 11.1 Å². The van der Waals surface area contributed by atoms with E-state index in [1.807, 2.05) is 38.7 Å².